The standard InChI is InChI=1S/C51H32N4O/c1-4-15-33(16-5-1)49-52-50(34-17-6-2-7-18-34)54-51(53-49)43-27-14-26-42-41-25-13-24-39(47(41)56-48(42)43)37-20-12-19-35(31-37)36-29-30-46-44(32-36)40-23-10-11-28-45(40)55(46)38-21-8-3-9-22-38/h1-32H. The second-order valence-corrected chi connectivity index (χ2v) is 14.0. The second-order valence-electron chi connectivity index (χ2n) is 14.0. The molecule has 8 aromatic carbocycles. The number of rotatable bonds is 6. The van der Waals surface area contributed by atoms with Gasteiger partial charge in [-0.05, 0) is 59.2 Å². The molecule has 262 valence electrons. The molecular formula is C51H32N4O. The number of fused-ring (bicyclic) bond motifs is 6. The zero-order chi connectivity index (χ0) is 37.0. The Hall–Kier alpha value is -7.63. The monoisotopic (exact) mass is 716 g/mol. The molecule has 0 spiro atoms. The van der Waals surface area contributed by atoms with Crippen molar-refractivity contribution >= 4 is 43.7 Å². The molecule has 3 heterocycles. The normalized spacial score (nSPS) is 11.6. The average Bonchev–Trinajstić information content (AvgIpc) is 3.83. The summed E-state index contributed by atoms with van der Waals surface area (Å²) in [5.41, 5.74) is 12.2. The van der Waals surface area contributed by atoms with Crippen LogP contribution in [0.3, 0.4) is 0 Å². The fourth-order valence-electron chi connectivity index (χ4n) is 8.03. The second kappa shape index (κ2) is 13.0. The van der Waals surface area contributed by atoms with Crippen molar-refractivity contribution in [1.29, 1.82) is 0 Å². The Morgan fingerprint density at radius 3 is 1.54 bits per heavy atom. The van der Waals surface area contributed by atoms with E-state index in [0.717, 1.165) is 66.6 Å². The highest BCUT2D eigenvalue weighted by Gasteiger charge is 2.20. The van der Waals surface area contributed by atoms with Crippen molar-refractivity contribution < 1.29 is 4.42 Å². The van der Waals surface area contributed by atoms with Gasteiger partial charge in [0.05, 0.1) is 16.6 Å². The topological polar surface area (TPSA) is 56.7 Å². The van der Waals surface area contributed by atoms with E-state index >= 15 is 0 Å². The third-order valence-corrected chi connectivity index (χ3v) is 10.7. The Kier molecular flexibility index (Phi) is 7.42. The molecule has 0 atom stereocenters. The molecule has 0 radical (unpaired) electrons. The van der Waals surface area contributed by atoms with E-state index in [4.69, 9.17) is 19.4 Å². The van der Waals surface area contributed by atoms with Crippen molar-refractivity contribution in [2.75, 3.05) is 0 Å². The molecule has 0 aliphatic heterocycles. The molecule has 11 rings (SSSR count). The van der Waals surface area contributed by atoms with Gasteiger partial charge in [-0.15, -0.1) is 0 Å². The minimum atomic E-state index is 0.565. The van der Waals surface area contributed by atoms with Crippen molar-refractivity contribution in [3.63, 3.8) is 0 Å². The molecule has 0 aliphatic carbocycles. The summed E-state index contributed by atoms with van der Waals surface area (Å²) in [5, 5.41) is 4.51. The van der Waals surface area contributed by atoms with Gasteiger partial charge in [-0.2, -0.15) is 0 Å². The summed E-state index contributed by atoms with van der Waals surface area (Å²) in [4.78, 5) is 14.9. The lowest BCUT2D eigenvalue weighted by Crippen LogP contribution is -2.00. The van der Waals surface area contributed by atoms with Gasteiger partial charge in [0, 0.05) is 43.9 Å². The first-order valence-corrected chi connectivity index (χ1v) is 18.8. The number of aromatic nitrogens is 4. The van der Waals surface area contributed by atoms with Crippen molar-refractivity contribution in [3.05, 3.63) is 194 Å². The van der Waals surface area contributed by atoms with Gasteiger partial charge in [0.25, 0.3) is 0 Å². The summed E-state index contributed by atoms with van der Waals surface area (Å²) in [6.07, 6.45) is 0. The molecular weight excluding hydrogens is 685 g/mol. The molecule has 0 N–H and O–H groups in total. The maximum absolute atomic E-state index is 6.91. The van der Waals surface area contributed by atoms with Gasteiger partial charge >= 0.3 is 0 Å². The highest BCUT2D eigenvalue weighted by atomic mass is 16.3. The summed E-state index contributed by atoms with van der Waals surface area (Å²) in [6, 6.07) is 67.5. The van der Waals surface area contributed by atoms with Gasteiger partial charge in [-0.25, -0.2) is 15.0 Å². The van der Waals surface area contributed by atoms with Crippen LogP contribution in [-0.2, 0) is 0 Å². The molecule has 5 heteroatoms. The van der Waals surface area contributed by atoms with Gasteiger partial charge in [0.1, 0.15) is 11.2 Å². The molecule has 0 fully saturated rings. The number of para-hydroxylation sites is 4. The van der Waals surface area contributed by atoms with Crippen molar-refractivity contribution in [1.82, 2.24) is 19.5 Å². The van der Waals surface area contributed by atoms with Gasteiger partial charge < -0.3 is 8.98 Å². The van der Waals surface area contributed by atoms with Crippen molar-refractivity contribution in [2.24, 2.45) is 0 Å². The quantitative estimate of drug-likeness (QED) is 0.172. The first kappa shape index (κ1) is 31.9. The molecule has 5 nitrogen and oxygen atoms in total. The maximum atomic E-state index is 6.91. The Morgan fingerprint density at radius 2 is 0.821 bits per heavy atom. The molecule has 0 saturated heterocycles. The zero-order valence-corrected chi connectivity index (χ0v) is 30.2. The predicted octanol–water partition coefficient (Wildman–Crippen LogP) is 13.2. The van der Waals surface area contributed by atoms with Crippen LogP contribution in [0.25, 0.3) is 106 Å². The number of hydrogen-bond donors (Lipinski definition) is 0. The highest BCUT2D eigenvalue weighted by Crippen LogP contribution is 2.41. The summed E-state index contributed by atoms with van der Waals surface area (Å²) >= 11 is 0. The van der Waals surface area contributed by atoms with Crippen LogP contribution >= 0.6 is 0 Å². The summed E-state index contributed by atoms with van der Waals surface area (Å²) < 4.78 is 9.26. The summed E-state index contributed by atoms with van der Waals surface area (Å²) in [6.45, 7) is 0. The lowest BCUT2D eigenvalue weighted by atomic mass is 9.96. The molecule has 3 aromatic heterocycles. The van der Waals surface area contributed by atoms with E-state index in [0.29, 0.717) is 17.5 Å². The third-order valence-electron chi connectivity index (χ3n) is 10.7. The number of hydrogen-bond acceptors (Lipinski definition) is 4. The molecule has 0 amide bonds. The van der Waals surface area contributed by atoms with Gasteiger partial charge in [0.2, 0.25) is 0 Å². The average molecular weight is 717 g/mol. The molecule has 0 bridgehead atoms. The van der Waals surface area contributed by atoms with E-state index in [1.807, 2.05) is 66.7 Å². The van der Waals surface area contributed by atoms with E-state index in [9.17, 15) is 0 Å². The van der Waals surface area contributed by atoms with Crippen LogP contribution < -0.4 is 0 Å². The SMILES string of the molecule is c1ccc(-c2nc(-c3ccccc3)nc(-c3cccc4c3oc3c(-c5cccc(-c6ccc7c(c6)c6ccccc6n7-c6ccccc6)c5)cccc34)n2)cc1. The predicted molar refractivity (Wildman–Crippen MR) is 229 cm³/mol. The zero-order valence-electron chi connectivity index (χ0n) is 30.2. The van der Waals surface area contributed by atoms with Gasteiger partial charge in [-0.3, -0.25) is 0 Å². The lowest BCUT2D eigenvalue weighted by Gasteiger charge is -2.09. The summed E-state index contributed by atoms with van der Waals surface area (Å²) in [5.74, 6) is 1.79. The smallest absolute Gasteiger partial charge is 0.167 e. The number of nitrogens with zero attached hydrogens (tertiary/aromatic N) is 4. The van der Waals surface area contributed by atoms with Gasteiger partial charge in [-0.1, -0.05) is 152 Å². The Labute approximate surface area is 322 Å². The molecule has 0 saturated carbocycles. The van der Waals surface area contributed by atoms with Crippen LogP contribution in [0.5, 0.6) is 0 Å². The Bertz CT molecular complexity index is 3180. The number of furan rings is 1. The van der Waals surface area contributed by atoms with Gasteiger partial charge in [0.15, 0.2) is 17.5 Å². The van der Waals surface area contributed by atoms with Crippen molar-refractivity contribution in [2.45, 2.75) is 0 Å². The fourth-order valence-corrected chi connectivity index (χ4v) is 8.03. The lowest BCUT2D eigenvalue weighted by molar-refractivity contribution is 0.670. The van der Waals surface area contributed by atoms with Crippen LogP contribution in [-0.4, -0.2) is 19.5 Å². The Balaban J connectivity index is 1.04. The molecule has 0 aliphatic rings. The fraction of sp³-hybridized carbons (Fsp3) is 0. The van der Waals surface area contributed by atoms with E-state index in [-0.39, 0.29) is 0 Å². The van der Waals surface area contributed by atoms with Crippen LogP contribution in [0, 0.1) is 0 Å². The van der Waals surface area contributed by atoms with E-state index in [1.165, 1.54) is 21.8 Å². The van der Waals surface area contributed by atoms with E-state index in [1.54, 1.807) is 0 Å². The number of benzene rings is 8. The van der Waals surface area contributed by atoms with Crippen LogP contribution in [0.4, 0.5) is 0 Å². The van der Waals surface area contributed by atoms with E-state index < -0.39 is 0 Å². The van der Waals surface area contributed by atoms with Crippen molar-refractivity contribution in [3.8, 4) is 62.1 Å². The molecule has 11 aromatic rings. The summed E-state index contributed by atoms with van der Waals surface area (Å²) in [7, 11) is 0. The first-order chi connectivity index (χ1) is 27.8. The minimum Gasteiger partial charge on any atom is -0.455 e. The maximum Gasteiger partial charge on any atom is 0.167 e. The van der Waals surface area contributed by atoms with Crippen LogP contribution in [0.1, 0.15) is 0 Å². The molecule has 0 unspecified atom stereocenters. The highest BCUT2D eigenvalue weighted by molar-refractivity contribution is 6.13. The minimum absolute atomic E-state index is 0.565. The molecule has 56 heavy (non-hydrogen) atoms. The van der Waals surface area contributed by atoms with Crippen LogP contribution in [0.15, 0.2) is 199 Å². The Morgan fingerprint density at radius 1 is 0.321 bits per heavy atom. The largest absolute Gasteiger partial charge is 0.455 e. The third kappa shape index (κ3) is 5.29. The van der Waals surface area contributed by atoms with E-state index in [2.05, 4.69) is 132 Å². The van der Waals surface area contributed by atoms with Crippen LogP contribution in [0.2, 0.25) is 0 Å². The first-order valence-electron chi connectivity index (χ1n) is 18.8.